The number of fused-ring (bicyclic) bond motifs is 2. The average molecular weight is 416 g/mol. The van der Waals surface area contributed by atoms with Crippen molar-refractivity contribution in [3.63, 3.8) is 0 Å². The molecular weight excluding hydrogens is 379 g/mol. The van der Waals surface area contributed by atoms with Gasteiger partial charge in [-0.15, -0.1) is 0 Å². The Kier molecular flexibility index (Phi) is 6.20. The van der Waals surface area contributed by atoms with E-state index in [0.717, 1.165) is 12.8 Å². The standard InChI is InChI=1S/C28H37BO2/c1-7-9-11-20-14-16-24-23(17-20)19-22-15-13-21(12-10-8-2)18-25(22)26(24)29-30-27(3,4)28(5,6)31-29/h13-19H,7-12H2,1-6H3. The van der Waals surface area contributed by atoms with Crippen molar-refractivity contribution in [1.82, 2.24) is 0 Å². The normalized spacial score (nSPS) is 17.7. The molecule has 1 saturated heterocycles. The zero-order valence-corrected chi connectivity index (χ0v) is 20.2. The number of hydrogen-bond acceptors (Lipinski definition) is 2. The van der Waals surface area contributed by atoms with E-state index in [4.69, 9.17) is 9.31 Å². The molecule has 164 valence electrons. The van der Waals surface area contributed by atoms with Gasteiger partial charge in [-0.3, -0.25) is 0 Å². The van der Waals surface area contributed by atoms with Gasteiger partial charge in [0.15, 0.2) is 0 Å². The van der Waals surface area contributed by atoms with E-state index in [9.17, 15) is 0 Å². The first-order chi connectivity index (χ1) is 14.8. The highest BCUT2D eigenvalue weighted by Crippen LogP contribution is 2.38. The molecule has 1 aliphatic rings. The quantitative estimate of drug-likeness (QED) is 0.306. The van der Waals surface area contributed by atoms with Crippen LogP contribution in [-0.2, 0) is 22.2 Å². The lowest BCUT2D eigenvalue weighted by Gasteiger charge is -2.32. The molecule has 0 radical (unpaired) electrons. The summed E-state index contributed by atoms with van der Waals surface area (Å²) in [5.41, 5.74) is 3.28. The van der Waals surface area contributed by atoms with Crippen molar-refractivity contribution in [3.8, 4) is 0 Å². The number of aryl methyl sites for hydroxylation is 2. The maximum atomic E-state index is 6.56. The van der Waals surface area contributed by atoms with Crippen molar-refractivity contribution in [3.05, 3.63) is 53.6 Å². The van der Waals surface area contributed by atoms with Gasteiger partial charge in [-0.2, -0.15) is 0 Å². The molecule has 2 nitrogen and oxygen atoms in total. The van der Waals surface area contributed by atoms with Crippen LogP contribution in [0.15, 0.2) is 42.5 Å². The van der Waals surface area contributed by atoms with Gasteiger partial charge in [-0.1, -0.05) is 63.1 Å². The number of unbranched alkanes of at least 4 members (excludes halogenated alkanes) is 2. The van der Waals surface area contributed by atoms with Crippen molar-refractivity contribution in [1.29, 1.82) is 0 Å². The van der Waals surface area contributed by atoms with Gasteiger partial charge in [-0.05, 0) is 97.6 Å². The smallest absolute Gasteiger partial charge is 0.399 e. The molecule has 1 fully saturated rings. The minimum absolute atomic E-state index is 0.354. The second-order valence-electron chi connectivity index (χ2n) is 10.2. The average Bonchev–Trinajstić information content (AvgIpc) is 2.95. The summed E-state index contributed by atoms with van der Waals surface area (Å²) in [6.07, 6.45) is 7.11. The highest BCUT2D eigenvalue weighted by Gasteiger charge is 2.52. The van der Waals surface area contributed by atoms with E-state index in [-0.39, 0.29) is 18.3 Å². The highest BCUT2D eigenvalue weighted by molar-refractivity contribution is 6.68. The fourth-order valence-corrected chi connectivity index (χ4v) is 4.54. The van der Waals surface area contributed by atoms with Crippen molar-refractivity contribution >= 4 is 34.1 Å². The van der Waals surface area contributed by atoms with Crippen LogP contribution in [0.1, 0.15) is 78.4 Å². The molecule has 3 aromatic rings. The Morgan fingerprint density at radius 1 is 0.677 bits per heavy atom. The van der Waals surface area contributed by atoms with E-state index < -0.39 is 0 Å². The molecule has 0 spiro atoms. The first kappa shape index (κ1) is 22.4. The summed E-state index contributed by atoms with van der Waals surface area (Å²) in [4.78, 5) is 0. The lowest BCUT2D eigenvalue weighted by molar-refractivity contribution is 0.00578. The summed E-state index contributed by atoms with van der Waals surface area (Å²) in [5, 5.41) is 5.07. The summed E-state index contributed by atoms with van der Waals surface area (Å²) in [5.74, 6) is 0. The highest BCUT2D eigenvalue weighted by atomic mass is 16.7. The zero-order chi connectivity index (χ0) is 22.2. The van der Waals surface area contributed by atoms with Crippen molar-refractivity contribution < 1.29 is 9.31 Å². The second kappa shape index (κ2) is 8.60. The fourth-order valence-electron chi connectivity index (χ4n) is 4.54. The van der Waals surface area contributed by atoms with E-state index in [1.54, 1.807) is 0 Å². The molecule has 4 rings (SSSR count). The Balaban J connectivity index is 1.91. The van der Waals surface area contributed by atoms with Gasteiger partial charge in [0.2, 0.25) is 0 Å². The molecule has 0 bridgehead atoms. The van der Waals surface area contributed by atoms with E-state index in [1.807, 2.05) is 0 Å². The molecule has 0 aliphatic carbocycles. The molecule has 0 N–H and O–H groups in total. The molecule has 3 heteroatoms. The van der Waals surface area contributed by atoms with Gasteiger partial charge in [0.1, 0.15) is 0 Å². The summed E-state index contributed by atoms with van der Waals surface area (Å²) in [6, 6.07) is 16.2. The largest absolute Gasteiger partial charge is 0.496 e. The first-order valence-electron chi connectivity index (χ1n) is 12.1. The number of hydrogen-bond donors (Lipinski definition) is 0. The minimum atomic E-state index is -0.362. The zero-order valence-electron chi connectivity index (χ0n) is 20.2. The molecule has 1 heterocycles. The van der Waals surface area contributed by atoms with Crippen molar-refractivity contribution in [2.75, 3.05) is 0 Å². The predicted molar refractivity (Wildman–Crippen MR) is 134 cm³/mol. The summed E-state index contributed by atoms with van der Waals surface area (Å²) in [7, 11) is -0.362. The first-order valence-corrected chi connectivity index (χ1v) is 12.1. The van der Waals surface area contributed by atoms with Gasteiger partial charge >= 0.3 is 7.12 Å². The topological polar surface area (TPSA) is 18.5 Å². The van der Waals surface area contributed by atoms with Crippen LogP contribution in [0.2, 0.25) is 0 Å². The van der Waals surface area contributed by atoms with Crippen LogP contribution in [-0.4, -0.2) is 18.3 Å². The molecule has 0 saturated carbocycles. The Morgan fingerprint density at radius 2 is 1.26 bits per heavy atom. The van der Waals surface area contributed by atoms with Crippen LogP contribution in [0, 0.1) is 0 Å². The van der Waals surface area contributed by atoms with Gasteiger partial charge < -0.3 is 9.31 Å². The second-order valence-corrected chi connectivity index (χ2v) is 10.2. The third kappa shape index (κ3) is 4.27. The van der Waals surface area contributed by atoms with E-state index >= 15 is 0 Å². The van der Waals surface area contributed by atoms with Crippen LogP contribution in [0.25, 0.3) is 21.5 Å². The SMILES string of the molecule is CCCCc1ccc2c(B3OC(C)(C)C(C)(C)O3)c3cc(CCCC)ccc3cc2c1. The number of benzene rings is 3. The molecular formula is C28H37BO2. The molecule has 31 heavy (non-hydrogen) atoms. The summed E-state index contributed by atoms with van der Waals surface area (Å²) < 4.78 is 13.1. The molecule has 0 atom stereocenters. The van der Waals surface area contributed by atoms with E-state index in [0.29, 0.717) is 0 Å². The maximum absolute atomic E-state index is 6.56. The Labute approximate surface area is 188 Å². The number of rotatable bonds is 7. The van der Waals surface area contributed by atoms with Crippen LogP contribution >= 0.6 is 0 Å². The fraction of sp³-hybridized carbons (Fsp3) is 0.500. The Hall–Kier alpha value is -1.84. The van der Waals surface area contributed by atoms with Gasteiger partial charge in [0.25, 0.3) is 0 Å². The molecule has 0 aromatic heterocycles. The van der Waals surface area contributed by atoms with Crippen molar-refractivity contribution in [2.24, 2.45) is 0 Å². The van der Waals surface area contributed by atoms with Crippen LogP contribution in [0.4, 0.5) is 0 Å². The Morgan fingerprint density at radius 3 is 1.87 bits per heavy atom. The monoisotopic (exact) mass is 416 g/mol. The van der Waals surface area contributed by atoms with Crippen LogP contribution < -0.4 is 5.46 Å². The van der Waals surface area contributed by atoms with Gasteiger partial charge in [0.05, 0.1) is 11.2 Å². The lowest BCUT2D eigenvalue weighted by Crippen LogP contribution is -2.41. The third-order valence-electron chi connectivity index (χ3n) is 7.25. The lowest BCUT2D eigenvalue weighted by atomic mass is 9.72. The molecule has 0 amide bonds. The molecule has 3 aromatic carbocycles. The van der Waals surface area contributed by atoms with E-state index in [1.165, 1.54) is 63.8 Å². The van der Waals surface area contributed by atoms with E-state index in [2.05, 4.69) is 84.0 Å². The summed E-state index contributed by atoms with van der Waals surface area (Å²) in [6.45, 7) is 13.0. The molecule has 1 aliphatic heterocycles. The van der Waals surface area contributed by atoms with Gasteiger partial charge in [-0.25, -0.2) is 0 Å². The van der Waals surface area contributed by atoms with Crippen LogP contribution in [0.3, 0.4) is 0 Å². The third-order valence-corrected chi connectivity index (χ3v) is 7.25. The molecule has 0 unspecified atom stereocenters. The maximum Gasteiger partial charge on any atom is 0.496 e. The Bertz CT molecular complexity index is 1070. The predicted octanol–water partition coefficient (Wildman–Crippen LogP) is 6.98. The summed E-state index contributed by atoms with van der Waals surface area (Å²) >= 11 is 0. The van der Waals surface area contributed by atoms with Crippen molar-refractivity contribution in [2.45, 2.75) is 91.3 Å². The van der Waals surface area contributed by atoms with Gasteiger partial charge in [0, 0.05) is 0 Å². The van der Waals surface area contributed by atoms with Crippen LogP contribution in [0.5, 0.6) is 0 Å². The minimum Gasteiger partial charge on any atom is -0.399 e.